The molecule has 0 aromatic rings. The van der Waals surface area contributed by atoms with Gasteiger partial charge in [0.2, 0.25) is 10.0 Å². The predicted molar refractivity (Wildman–Crippen MR) is 56.6 cm³/mol. The van der Waals surface area contributed by atoms with Gasteiger partial charge >= 0.3 is 0 Å². The average molecular weight is 228 g/mol. The number of halogens is 1. The minimum absolute atomic E-state index is 0.154. The highest BCUT2D eigenvalue weighted by atomic mass is 35.5. The van der Waals surface area contributed by atoms with Gasteiger partial charge in [0, 0.05) is 11.9 Å². The van der Waals surface area contributed by atoms with Crippen molar-refractivity contribution in [2.75, 3.05) is 11.6 Å². The van der Waals surface area contributed by atoms with Crippen LogP contribution in [0.15, 0.2) is 0 Å². The Balaban J connectivity index is 4.23. The van der Waals surface area contributed by atoms with Gasteiger partial charge in [-0.25, -0.2) is 13.1 Å². The molecule has 3 nitrogen and oxygen atoms in total. The lowest BCUT2D eigenvalue weighted by atomic mass is 10.1. The Morgan fingerprint density at radius 3 is 2.23 bits per heavy atom. The number of nitrogens with one attached hydrogen (secondary N) is 1. The second-order valence-corrected chi connectivity index (χ2v) is 5.62. The van der Waals surface area contributed by atoms with Crippen LogP contribution >= 0.6 is 11.6 Å². The molecule has 0 saturated carbocycles. The van der Waals surface area contributed by atoms with Crippen LogP contribution in [0, 0.1) is 5.92 Å². The smallest absolute Gasteiger partial charge is 0.211 e. The van der Waals surface area contributed by atoms with Crippen molar-refractivity contribution < 1.29 is 8.42 Å². The van der Waals surface area contributed by atoms with Crippen LogP contribution in [-0.2, 0) is 10.0 Å². The van der Waals surface area contributed by atoms with E-state index >= 15 is 0 Å². The molecular formula is C8H18ClNO2S. The zero-order valence-electron chi connectivity index (χ0n) is 8.38. The lowest BCUT2D eigenvalue weighted by Crippen LogP contribution is -2.40. The number of rotatable bonds is 6. The monoisotopic (exact) mass is 227 g/mol. The van der Waals surface area contributed by atoms with E-state index in [1.54, 1.807) is 0 Å². The van der Waals surface area contributed by atoms with Crippen LogP contribution in [0.1, 0.15) is 27.2 Å². The second kappa shape index (κ2) is 5.83. The molecule has 1 atom stereocenters. The molecule has 0 aliphatic rings. The van der Waals surface area contributed by atoms with Gasteiger partial charge < -0.3 is 0 Å². The van der Waals surface area contributed by atoms with Crippen LogP contribution < -0.4 is 4.72 Å². The maximum absolute atomic E-state index is 11.3. The fourth-order valence-electron chi connectivity index (χ4n) is 0.904. The molecule has 0 aromatic carbocycles. The van der Waals surface area contributed by atoms with Crippen LogP contribution in [0.4, 0.5) is 0 Å². The quantitative estimate of drug-likeness (QED) is 0.701. The third-order valence-electron chi connectivity index (χ3n) is 1.77. The van der Waals surface area contributed by atoms with E-state index in [2.05, 4.69) is 4.72 Å². The standard InChI is InChI=1S/C8H18ClNO2S/c1-4-5-13(11,12)10-8(6-9)7(2)3/h7-8,10H,4-6H2,1-3H3. The molecule has 1 N–H and O–H groups in total. The van der Waals surface area contributed by atoms with Gasteiger partial charge in [0.15, 0.2) is 0 Å². The Morgan fingerprint density at radius 2 is 1.92 bits per heavy atom. The summed E-state index contributed by atoms with van der Waals surface area (Å²) in [6.45, 7) is 5.73. The topological polar surface area (TPSA) is 46.2 Å². The minimum atomic E-state index is -3.12. The molecule has 0 aromatic heterocycles. The number of hydrogen-bond acceptors (Lipinski definition) is 2. The van der Waals surface area contributed by atoms with Gasteiger partial charge in [-0.2, -0.15) is 0 Å². The first kappa shape index (κ1) is 13.2. The molecule has 5 heteroatoms. The van der Waals surface area contributed by atoms with E-state index in [0.717, 1.165) is 0 Å². The highest BCUT2D eigenvalue weighted by Crippen LogP contribution is 2.05. The van der Waals surface area contributed by atoms with Gasteiger partial charge in [0.25, 0.3) is 0 Å². The zero-order valence-corrected chi connectivity index (χ0v) is 9.95. The highest BCUT2D eigenvalue weighted by molar-refractivity contribution is 7.89. The maximum Gasteiger partial charge on any atom is 0.211 e. The molecule has 0 rings (SSSR count). The van der Waals surface area contributed by atoms with Crippen molar-refractivity contribution >= 4 is 21.6 Å². The summed E-state index contributed by atoms with van der Waals surface area (Å²) in [6.07, 6.45) is 0.627. The average Bonchev–Trinajstić information content (AvgIpc) is 1.99. The predicted octanol–water partition coefficient (Wildman–Crippen LogP) is 1.58. The molecule has 0 aliphatic carbocycles. The van der Waals surface area contributed by atoms with Crippen molar-refractivity contribution in [3.8, 4) is 0 Å². The molecule has 0 heterocycles. The molecule has 80 valence electrons. The van der Waals surface area contributed by atoms with Crippen molar-refractivity contribution in [3.63, 3.8) is 0 Å². The summed E-state index contributed by atoms with van der Waals surface area (Å²) in [5.74, 6) is 0.720. The summed E-state index contributed by atoms with van der Waals surface area (Å²) in [5, 5.41) is 0. The Morgan fingerprint density at radius 1 is 1.38 bits per heavy atom. The lowest BCUT2D eigenvalue weighted by Gasteiger charge is -2.19. The Kier molecular flexibility index (Phi) is 5.92. The summed E-state index contributed by atoms with van der Waals surface area (Å²) in [6, 6.07) is -0.154. The number of hydrogen-bond donors (Lipinski definition) is 1. The number of alkyl halides is 1. The van der Waals surface area contributed by atoms with E-state index in [1.165, 1.54) is 0 Å². The van der Waals surface area contributed by atoms with Gasteiger partial charge in [0.1, 0.15) is 0 Å². The summed E-state index contributed by atoms with van der Waals surface area (Å²) in [5.41, 5.74) is 0. The van der Waals surface area contributed by atoms with Crippen LogP contribution in [-0.4, -0.2) is 26.1 Å². The Hall–Kier alpha value is 0.200. The van der Waals surface area contributed by atoms with Crippen molar-refractivity contribution in [2.24, 2.45) is 5.92 Å². The largest absolute Gasteiger partial charge is 0.212 e. The molecule has 0 spiro atoms. The fourth-order valence-corrected chi connectivity index (χ4v) is 2.90. The fraction of sp³-hybridized carbons (Fsp3) is 1.00. The SMILES string of the molecule is CCCS(=O)(=O)NC(CCl)C(C)C. The van der Waals surface area contributed by atoms with Crippen LogP contribution in [0.25, 0.3) is 0 Å². The number of sulfonamides is 1. The van der Waals surface area contributed by atoms with Gasteiger partial charge in [-0.1, -0.05) is 20.8 Å². The van der Waals surface area contributed by atoms with Crippen LogP contribution in [0.3, 0.4) is 0 Å². The van der Waals surface area contributed by atoms with E-state index in [0.29, 0.717) is 12.3 Å². The molecular weight excluding hydrogens is 210 g/mol. The van der Waals surface area contributed by atoms with Gasteiger partial charge in [-0.15, -0.1) is 11.6 Å². The third-order valence-corrected chi connectivity index (χ3v) is 3.71. The molecule has 0 amide bonds. The van der Waals surface area contributed by atoms with E-state index in [9.17, 15) is 8.42 Å². The molecule has 0 bridgehead atoms. The molecule has 0 fully saturated rings. The van der Waals surface area contributed by atoms with E-state index in [-0.39, 0.29) is 17.7 Å². The highest BCUT2D eigenvalue weighted by Gasteiger charge is 2.18. The second-order valence-electron chi connectivity index (χ2n) is 3.44. The van der Waals surface area contributed by atoms with Crippen molar-refractivity contribution in [2.45, 2.75) is 33.2 Å². The first-order valence-corrected chi connectivity index (χ1v) is 6.67. The first-order chi connectivity index (χ1) is 5.93. The third kappa shape index (κ3) is 5.49. The molecule has 0 aliphatic heterocycles. The summed E-state index contributed by atoms with van der Waals surface area (Å²) >= 11 is 5.64. The molecule has 13 heavy (non-hydrogen) atoms. The lowest BCUT2D eigenvalue weighted by molar-refractivity contribution is 0.480. The van der Waals surface area contributed by atoms with E-state index < -0.39 is 10.0 Å². The Labute approximate surface area is 85.9 Å². The van der Waals surface area contributed by atoms with Gasteiger partial charge in [-0.05, 0) is 12.3 Å². The maximum atomic E-state index is 11.3. The van der Waals surface area contributed by atoms with Crippen LogP contribution in [0.5, 0.6) is 0 Å². The summed E-state index contributed by atoms with van der Waals surface area (Å²) in [7, 11) is -3.12. The van der Waals surface area contributed by atoms with E-state index in [4.69, 9.17) is 11.6 Å². The van der Waals surface area contributed by atoms with E-state index in [1.807, 2.05) is 20.8 Å². The van der Waals surface area contributed by atoms with Gasteiger partial charge in [-0.3, -0.25) is 0 Å². The van der Waals surface area contributed by atoms with Crippen molar-refractivity contribution in [1.82, 2.24) is 4.72 Å². The summed E-state index contributed by atoms with van der Waals surface area (Å²) in [4.78, 5) is 0. The summed E-state index contributed by atoms with van der Waals surface area (Å²) < 4.78 is 25.3. The molecule has 0 saturated heterocycles. The van der Waals surface area contributed by atoms with Gasteiger partial charge in [0.05, 0.1) is 5.75 Å². The van der Waals surface area contributed by atoms with Crippen LogP contribution in [0.2, 0.25) is 0 Å². The first-order valence-electron chi connectivity index (χ1n) is 4.49. The Bertz CT molecular complexity index is 226. The minimum Gasteiger partial charge on any atom is -0.212 e. The van der Waals surface area contributed by atoms with Crippen molar-refractivity contribution in [3.05, 3.63) is 0 Å². The normalized spacial score (nSPS) is 14.8. The molecule has 0 radical (unpaired) electrons. The molecule has 1 unspecified atom stereocenters. The van der Waals surface area contributed by atoms with Crippen molar-refractivity contribution in [1.29, 1.82) is 0 Å². The zero-order chi connectivity index (χ0) is 10.5.